The minimum Gasteiger partial charge on any atom is -0.497 e. The second-order valence-corrected chi connectivity index (χ2v) is 6.95. The Balaban J connectivity index is 1.50. The van der Waals surface area contributed by atoms with Crippen molar-refractivity contribution in [1.29, 1.82) is 0 Å². The Hall–Kier alpha value is -2.63. The van der Waals surface area contributed by atoms with Crippen LogP contribution in [0.4, 0.5) is 5.82 Å². The lowest BCUT2D eigenvalue weighted by molar-refractivity contribution is -0.125. The van der Waals surface area contributed by atoms with E-state index in [0.717, 1.165) is 61.0 Å². The van der Waals surface area contributed by atoms with Crippen LogP contribution < -0.4 is 15.0 Å². The molecule has 1 fully saturated rings. The van der Waals surface area contributed by atoms with E-state index in [-0.39, 0.29) is 11.8 Å². The molecule has 0 unspecified atom stereocenters. The van der Waals surface area contributed by atoms with Crippen LogP contribution in [0.25, 0.3) is 0 Å². The summed E-state index contributed by atoms with van der Waals surface area (Å²) in [5.74, 6) is 2.82. The van der Waals surface area contributed by atoms with Crippen LogP contribution in [0.5, 0.6) is 5.75 Å². The molecule has 0 spiro atoms. The SMILES string of the molecule is CCc1cc(N2CCC(C(=O)NCc3ccc(OC)cc3)CC2)nc(C)n1. The van der Waals surface area contributed by atoms with Crippen molar-refractivity contribution in [2.75, 3.05) is 25.1 Å². The molecule has 144 valence electrons. The van der Waals surface area contributed by atoms with Crippen molar-refractivity contribution < 1.29 is 9.53 Å². The predicted molar refractivity (Wildman–Crippen MR) is 106 cm³/mol. The second kappa shape index (κ2) is 8.84. The third-order valence-corrected chi connectivity index (χ3v) is 5.06. The van der Waals surface area contributed by atoms with Gasteiger partial charge in [-0.15, -0.1) is 0 Å². The number of benzene rings is 1. The third-order valence-electron chi connectivity index (χ3n) is 5.06. The number of anilines is 1. The minimum absolute atomic E-state index is 0.0630. The first-order valence-electron chi connectivity index (χ1n) is 9.59. The van der Waals surface area contributed by atoms with Gasteiger partial charge in [0.05, 0.1) is 7.11 Å². The van der Waals surface area contributed by atoms with Crippen LogP contribution in [0.2, 0.25) is 0 Å². The molecule has 2 heterocycles. The van der Waals surface area contributed by atoms with E-state index in [1.165, 1.54) is 0 Å². The van der Waals surface area contributed by atoms with Gasteiger partial charge in [-0.3, -0.25) is 4.79 Å². The van der Waals surface area contributed by atoms with Gasteiger partial charge in [-0.25, -0.2) is 9.97 Å². The van der Waals surface area contributed by atoms with Gasteiger partial charge in [0.1, 0.15) is 17.4 Å². The number of nitrogens with one attached hydrogen (secondary N) is 1. The number of methoxy groups -OCH3 is 1. The quantitative estimate of drug-likeness (QED) is 0.849. The van der Waals surface area contributed by atoms with E-state index in [4.69, 9.17) is 4.74 Å². The fourth-order valence-corrected chi connectivity index (χ4v) is 3.40. The summed E-state index contributed by atoms with van der Waals surface area (Å²) in [6.07, 6.45) is 2.60. The Kier molecular flexibility index (Phi) is 6.27. The summed E-state index contributed by atoms with van der Waals surface area (Å²) in [5, 5.41) is 3.06. The molecule has 1 aliphatic heterocycles. The summed E-state index contributed by atoms with van der Waals surface area (Å²) < 4.78 is 5.16. The maximum absolute atomic E-state index is 12.5. The van der Waals surface area contributed by atoms with Crippen LogP contribution in [0, 0.1) is 12.8 Å². The monoisotopic (exact) mass is 368 g/mol. The standard InChI is InChI=1S/C21H28N4O2/c1-4-18-13-20(24-15(2)23-18)25-11-9-17(10-12-25)21(26)22-14-16-5-7-19(27-3)8-6-16/h5-8,13,17H,4,9-12,14H2,1-3H3,(H,22,26). The third kappa shape index (κ3) is 4.96. The van der Waals surface area contributed by atoms with E-state index < -0.39 is 0 Å². The zero-order valence-electron chi connectivity index (χ0n) is 16.4. The molecule has 1 saturated heterocycles. The first-order valence-corrected chi connectivity index (χ1v) is 9.59. The predicted octanol–water partition coefficient (Wildman–Crippen LogP) is 2.89. The average molecular weight is 368 g/mol. The van der Waals surface area contributed by atoms with Crippen LogP contribution in [-0.2, 0) is 17.8 Å². The molecule has 0 aliphatic carbocycles. The number of piperidine rings is 1. The van der Waals surface area contributed by atoms with Crippen molar-refractivity contribution in [1.82, 2.24) is 15.3 Å². The molecular weight excluding hydrogens is 340 g/mol. The van der Waals surface area contributed by atoms with Crippen molar-refractivity contribution in [3.05, 3.63) is 47.4 Å². The first-order chi connectivity index (χ1) is 13.1. The molecule has 3 rings (SSSR count). The Labute approximate surface area is 161 Å². The average Bonchev–Trinajstić information content (AvgIpc) is 2.72. The largest absolute Gasteiger partial charge is 0.497 e. The minimum atomic E-state index is 0.0630. The molecule has 1 aromatic carbocycles. The van der Waals surface area contributed by atoms with Gasteiger partial charge in [0, 0.05) is 37.3 Å². The van der Waals surface area contributed by atoms with E-state index >= 15 is 0 Å². The number of hydrogen-bond donors (Lipinski definition) is 1. The van der Waals surface area contributed by atoms with Crippen molar-refractivity contribution in [2.45, 2.75) is 39.7 Å². The van der Waals surface area contributed by atoms with E-state index in [9.17, 15) is 4.79 Å². The molecule has 0 saturated carbocycles. The summed E-state index contributed by atoms with van der Waals surface area (Å²) in [5.41, 5.74) is 2.14. The highest BCUT2D eigenvalue weighted by atomic mass is 16.5. The highest BCUT2D eigenvalue weighted by Gasteiger charge is 2.25. The summed E-state index contributed by atoms with van der Waals surface area (Å²) in [4.78, 5) is 23.8. The second-order valence-electron chi connectivity index (χ2n) is 6.95. The molecule has 27 heavy (non-hydrogen) atoms. The number of carbonyl (C=O) groups excluding carboxylic acids is 1. The summed E-state index contributed by atoms with van der Waals surface area (Å²) >= 11 is 0. The Morgan fingerprint density at radius 2 is 1.93 bits per heavy atom. The van der Waals surface area contributed by atoms with Gasteiger partial charge in [0.25, 0.3) is 0 Å². The molecule has 1 amide bonds. The van der Waals surface area contributed by atoms with Gasteiger partial charge < -0.3 is 15.0 Å². The van der Waals surface area contributed by atoms with Gasteiger partial charge >= 0.3 is 0 Å². The van der Waals surface area contributed by atoms with Crippen LogP contribution in [0.15, 0.2) is 30.3 Å². The summed E-state index contributed by atoms with van der Waals surface area (Å²) in [7, 11) is 1.65. The number of ether oxygens (including phenoxy) is 1. The lowest BCUT2D eigenvalue weighted by Gasteiger charge is -2.32. The molecule has 0 bridgehead atoms. The van der Waals surface area contributed by atoms with Gasteiger partial charge in [-0.1, -0.05) is 19.1 Å². The zero-order valence-corrected chi connectivity index (χ0v) is 16.4. The Morgan fingerprint density at radius 1 is 1.22 bits per heavy atom. The molecular formula is C21H28N4O2. The van der Waals surface area contributed by atoms with Crippen molar-refractivity contribution in [3.8, 4) is 5.75 Å². The van der Waals surface area contributed by atoms with Gasteiger partial charge in [0.15, 0.2) is 0 Å². The first kappa shape index (κ1) is 19.1. The van der Waals surface area contributed by atoms with E-state index in [0.29, 0.717) is 6.54 Å². The number of rotatable bonds is 6. The van der Waals surface area contributed by atoms with Crippen LogP contribution in [0.1, 0.15) is 36.8 Å². The topological polar surface area (TPSA) is 67.4 Å². The molecule has 0 atom stereocenters. The summed E-state index contributed by atoms with van der Waals surface area (Å²) in [6.45, 7) is 6.28. The lowest BCUT2D eigenvalue weighted by atomic mass is 9.95. The highest BCUT2D eigenvalue weighted by molar-refractivity contribution is 5.79. The van der Waals surface area contributed by atoms with E-state index in [1.54, 1.807) is 7.11 Å². The van der Waals surface area contributed by atoms with Gasteiger partial charge in [-0.2, -0.15) is 0 Å². The number of amides is 1. The van der Waals surface area contributed by atoms with Gasteiger partial charge in [-0.05, 0) is 43.9 Å². The molecule has 1 N–H and O–H groups in total. The van der Waals surface area contributed by atoms with Crippen molar-refractivity contribution in [2.24, 2.45) is 5.92 Å². The highest BCUT2D eigenvalue weighted by Crippen LogP contribution is 2.23. The normalized spacial score (nSPS) is 14.9. The van der Waals surface area contributed by atoms with Crippen LogP contribution in [-0.4, -0.2) is 36.1 Å². The Morgan fingerprint density at radius 3 is 2.56 bits per heavy atom. The molecule has 2 aromatic rings. The number of nitrogens with zero attached hydrogens (tertiary/aromatic N) is 3. The maximum atomic E-state index is 12.5. The Bertz CT molecular complexity index is 768. The fourth-order valence-electron chi connectivity index (χ4n) is 3.40. The number of carbonyl (C=O) groups is 1. The molecule has 1 aromatic heterocycles. The molecule has 1 aliphatic rings. The van der Waals surface area contributed by atoms with Crippen molar-refractivity contribution >= 4 is 11.7 Å². The number of aryl methyl sites for hydroxylation is 2. The maximum Gasteiger partial charge on any atom is 0.223 e. The number of hydrogen-bond acceptors (Lipinski definition) is 5. The summed E-state index contributed by atoms with van der Waals surface area (Å²) in [6, 6.07) is 9.84. The van der Waals surface area contributed by atoms with Crippen molar-refractivity contribution in [3.63, 3.8) is 0 Å². The van der Waals surface area contributed by atoms with E-state index in [1.807, 2.05) is 31.2 Å². The smallest absolute Gasteiger partial charge is 0.223 e. The van der Waals surface area contributed by atoms with Crippen LogP contribution in [0.3, 0.4) is 0 Å². The zero-order chi connectivity index (χ0) is 19.2. The fraction of sp³-hybridized carbons (Fsp3) is 0.476. The van der Waals surface area contributed by atoms with E-state index in [2.05, 4.69) is 33.2 Å². The van der Waals surface area contributed by atoms with Gasteiger partial charge in [0.2, 0.25) is 5.91 Å². The van der Waals surface area contributed by atoms with Crippen LogP contribution >= 0.6 is 0 Å². The molecule has 0 radical (unpaired) electrons. The lowest BCUT2D eigenvalue weighted by Crippen LogP contribution is -2.40. The molecule has 6 heteroatoms. The molecule has 6 nitrogen and oxygen atoms in total. The number of aromatic nitrogens is 2.